The van der Waals surface area contributed by atoms with Gasteiger partial charge in [0.05, 0.1) is 0 Å². The molecule has 0 saturated carbocycles. The minimum Gasteiger partial charge on any atom is -0.384 e. The van der Waals surface area contributed by atoms with E-state index in [0.29, 0.717) is 0 Å². The first-order chi connectivity index (χ1) is 8.72. The minimum atomic E-state index is 0.0959. The Morgan fingerprint density at radius 3 is 2.83 bits per heavy atom. The van der Waals surface area contributed by atoms with Gasteiger partial charge in [-0.1, -0.05) is 36.1 Å². The largest absolute Gasteiger partial charge is 0.384 e. The third-order valence-electron chi connectivity index (χ3n) is 2.09. The van der Waals surface area contributed by atoms with Gasteiger partial charge in [0, 0.05) is 15.4 Å². The summed E-state index contributed by atoms with van der Waals surface area (Å²) in [4.78, 5) is 2.00. The summed E-state index contributed by atoms with van der Waals surface area (Å²) in [6, 6.07) is 5.94. The Bertz CT molecular complexity index is 539. The Morgan fingerprint density at radius 1 is 1.44 bits per heavy atom. The molecule has 2 aromatic rings. The molecular weight excluding hydrogens is 284 g/mol. The molecule has 0 spiro atoms. The highest BCUT2D eigenvalue weighted by molar-refractivity contribution is 8.01. The average molecular weight is 296 g/mol. The third-order valence-corrected chi connectivity index (χ3v) is 4.87. The maximum atomic E-state index is 7.74. The van der Waals surface area contributed by atoms with Crippen LogP contribution in [0.15, 0.2) is 37.8 Å². The van der Waals surface area contributed by atoms with Gasteiger partial charge >= 0.3 is 0 Å². The highest BCUT2D eigenvalue weighted by atomic mass is 32.2. The van der Waals surface area contributed by atoms with Crippen molar-refractivity contribution in [2.45, 2.75) is 21.1 Å². The minimum absolute atomic E-state index is 0.0959. The predicted octanol–water partition coefficient (Wildman–Crippen LogP) is 3.09. The molecule has 18 heavy (non-hydrogen) atoms. The second-order valence-electron chi connectivity index (χ2n) is 3.28. The number of rotatable bonds is 5. The van der Waals surface area contributed by atoms with E-state index in [4.69, 9.17) is 11.1 Å². The molecule has 0 aliphatic carbocycles. The van der Waals surface area contributed by atoms with E-state index in [-0.39, 0.29) is 5.84 Å². The van der Waals surface area contributed by atoms with E-state index in [2.05, 4.69) is 17.1 Å². The van der Waals surface area contributed by atoms with Crippen molar-refractivity contribution < 1.29 is 0 Å². The number of hydrogen-bond acceptors (Lipinski definition) is 6. The Labute approximate surface area is 118 Å². The number of aromatic nitrogens is 2. The van der Waals surface area contributed by atoms with Crippen LogP contribution in [0.25, 0.3) is 0 Å². The number of amidine groups is 1. The first-order valence-corrected chi connectivity index (χ1v) is 7.94. The molecule has 1 aromatic carbocycles. The fraction of sp³-hybridized carbons (Fsp3) is 0.182. The highest BCUT2D eigenvalue weighted by Crippen LogP contribution is 2.35. The zero-order chi connectivity index (χ0) is 13.0. The summed E-state index contributed by atoms with van der Waals surface area (Å²) in [6.07, 6.45) is 0. The monoisotopic (exact) mass is 296 g/mol. The highest BCUT2D eigenvalue weighted by Gasteiger charge is 2.13. The van der Waals surface area contributed by atoms with Gasteiger partial charge in [-0.3, -0.25) is 5.41 Å². The van der Waals surface area contributed by atoms with Gasteiger partial charge < -0.3 is 5.73 Å². The van der Waals surface area contributed by atoms with Crippen LogP contribution >= 0.6 is 34.9 Å². The molecule has 94 valence electrons. The van der Waals surface area contributed by atoms with Crippen LogP contribution in [-0.2, 0) is 0 Å². The maximum absolute atomic E-state index is 7.74. The molecular formula is C11H12N4S3. The topological polar surface area (TPSA) is 75.7 Å². The van der Waals surface area contributed by atoms with E-state index in [1.807, 2.05) is 18.2 Å². The fourth-order valence-corrected chi connectivity index (χ4v) is 3.97. The van der Waals surface area contributed by atoms with Crippen LogP contribution < -0.4 is 5.73 Å². The van der Waals surface area contributed by atoms with E-state index < -0.39 is 0 Å². The molecule has 1 aromatic heterocycles. The lowest BCUT2D eigenvalue weighted by Crippen LogP contribution is -2.13. The lowest BCUT2D eigenvalue weighted by atomic mass is 10.2. The molecule has 0 aliphatic heterocycles. The molecule has 0 unspecified atom stereocenters. The third kappa shape index (κ3) is 3.04. The van der Waals surface area contributed by atoms with Crippen molar-refractivity contribution in [3.63, 3.8) is 0 Å². The molecule has 0 fully saturated rings. The number of nitrogens with zero attached hydrogens (tertiary/aromatic N) is 2. The number of hydrogen-bond donors (Lipinski definition) is 2. The number of benzene rings is 1. The van der Waals surface area contributed by atoms with Crippen molar-refractivity contribution in [1.82, 2.24) is 10.2 Å². The predicted molar refractivity (Wildman–Crippen MR) is 77.9 cm³/mol. The van der Waals surface area contributed by atoms with Crippen LogP contribution in [0.1, 0.15) is 12.5 Å². The second-order valence-corrected chi connectivity index (χ2v) is 6.71. The van der Waals surface area contributed by atoms with Gasteiger partial charge in [-0.25, -0.2) is 0 Å². The lowest BCUT2D eigenvalue weighted by molar-refractivity contribution is 1.01. The van der Waals surface area contributed by atoms with Crippen LogP contribution in [-0.4, -0.2) is 21.8 Å². The van der Waals surface area contributed by atoms with Gasteiger partial charge in [-0.05, 0) is 17.9 Å². The summed E-state index contributed by atoms with van der Waals surface area (Å²) in [5, 5.41) is 15.6. The van der Waals surface area contributed by atoms with Gasteiger partial charge in [0.2, 0.25) is 0 Å². The maximum Gasteiger partial charge on any atom is 0.178 e. The first kappa shape index (κ1) is 13.4. The van der Waals surface area contributed by atoms with Crippen LogP contribution in [0.2, 0.25) is 0 Å². The van der Waals surface area contributed by atoms with Crippen LogP contribution in [0.3, 0.4) is 0 Å². The fourth-order valence-electron chi connectivity index (χ4n) is 1.44. The van der Waals surface area contributed by atoms with Gasteiger partial charge in [-0.15, -0.1) is 22.0 Å². The van der Waals surface area contributed by atoms with Crippen LogP contribution in [0.5, 0.6) is 0 Å². The molecule has 0 aliphatic rings. The molecule has 3 N–H and O–H groups in total. The van der Waals surface area contributed by atoms with Crippen molar-refractivity contribution in [3.8, 4) is 0 Å². The quantitative estimate of drug-likeness (QED) is 0.504. The van der Waals surface area contributed by atoms with E-state index >= 15 is 0 Å². The zero-order valence-corrected chi connectivity index (χ0v) is 12.2. The first-order valence-electron chi connectivity index (χ1n) is 5.26. The molecule has 0 bridgehead atoms. The molecule has 0 radical (unpaired) electrons. The molecule has 0 saturated heterocycles. The number of nitrogens with one attached hydrogen (secondary N) is 1. The molecule has 7 heteroatoms. The van der Waals surface area contributed by atoms with Crippen molar-refractivity contribution in [2.75, 3.05) is 5.75 Å². The Kier molecular flexibility index (Phi) is 4.62. The van der Waals surface area contributed by atoms with Crippen LogP contribution in [0, 0.1) is 5.41 Å². The van der Waals surface area contributed by atoms with Crippen LogP contribution in [0.4, 0.5) is 0 Å². The standard InChI is InChI=1S/C11H12N4S3/c1-2-16-7-4-3-5-8(9(7)10(12)13)18-11-15-14-6-17-11/h3-6H,2H2,1H3,(H3,12,13). The zero-order valence-electron chi connectivity index (χ0n) is 9.71. The molecule has 0 amide bonds. The Morgan fingerprint density at radius 2 is 2.22 bits per heavy atom. The summed E-state index contributed by atoms with van der Waals surface area (Å²) in [7, 11) is 0. The van der Waals surface area contributed by atoms with Gasteiger partial charge in [0.15, 0.2) is 4.34 Å². The smallest absolute Gasteiger partial charge is 0.178 e. The van der Waals surface area contributed by atoms with Crippen molar-refractivity contribution in [3.05, 3.63) is 29.3 Å². The van der Waals surface area contributed by atoms with E-state index in [1.54, 1.807) is 17.3 Å². The summed E-state index contributed by atoms with van der Waals surface area (Å²) >= 11 is 4.67. The number of nitrogens with two attached hydrogens (primary N) is 1. The van der Waals surface area contributed by atoms with E-state index in [0.717, 1.165) is 25.4 Å². The molecule has 2 rings (SSSR count). The molecule has 4 nitrogen and oxygen atoms in total. The number of nitrogen functional groups attached to an aromatic ring is 1. The summed E-state index contributed by atoms with van der Waals surface area (Å²) in [5.41, 5.74) is 8.19. The summed E-state index contributed by atoms with van der Waals surface area (Å²) < 4.78 is 0.858. The van der Waals surface area contributed by atoms with Crippen molar-refractivity contribution in [1.29, 1.82) is 5.41 Å². The van der Waals surface area contributed by atoms with Gasteiger partial charge in [0.25, 0.3) is 0 Å². The average Bonchev–Trinajstić information content (AvgIpc) is 2.82. The molecule has 0 atom stereocenters. The van der Waals surface area contributed by atoms with E-state index in [9.17, 15) is 0 Å². The van der Waals surface area contributed by atoms with Gasteiger partial charge in [0.1, 0.15) is 11.3 Å². The Hall–Kier alpha value is -1.05. The Balaban J connectivity index is 2.39. The normalized spacial score (nSPS) is 10.5. The summed E-state index contributed by atoms with van der Waals surface area (Å²) in [6.45, 7) is 2.08. The summed E-state index contributed by atoms with van der Waals surface area (Å²) in [5.74, 6) is 1.05. The molecule has 1 heterocycles. The van der Waals surface area contributed by atoms with Crippen molar-refractivity contribution in [2.24, 2.45) is 5.73 Å². The SMILES string of the molecule is CCSc1cccc(Sc2nncs2)c1C(=N)N. The van der Waals surface area contributed by atoms with E-state index in [1.165, 1.54) is 23.1 Å². The van der Waals surface area contributed by atoms with Gasteiger partial charge in [-0.2, -0.15) is 0 Å². The van der Waals surface area contributed by atoms with Crippen molar-refractivity contribution >= 4 is 40.7 Å². The second kappa shape index (κ2) is 6.21. The number of thioether (sulfide) groups is 1. The lowest BCUT2D eigenvalue weighted by Gasteiger charge is -2.11.